The summed E-state index contributed by atoms with van der Waals surface area (Å²) in [6.07, 6.45) is 2.08. The summed E-state index contributed by atoms with van der Waals surface area (Å²) in [5, 5.41) is -0.0594. The number of hydrogen-bond acceptors (Lipinski definition) is 5. The standard InChI is InChI=1S/C30H36N2O2S/c1-22(2)24-15-16-25(29(33)27(21-24)34-4)30-32(26-13-8-9-14-28(26)35-30)19-10-18-31(3)20-17-23-11-6-5-7-12-23/h5-9,11-16,21-22,30H,10,17-20H2,1-4H3. The fraction of sp³-hybridized carbons (Fsp3) is 0.367. The van der Waals surface area contributed by atoms with Crippen molar-refractivity contribution in [1.82, 2.24) is 4.90 Å². The van der Waals surface area contributed by atoms with Crippen LogP contribution in [0.15, 0.2) is 82.5 Å². The number of benzene rings is 2. The summed E-state index contributed by atoms with van der Waals surface area (Å²) in [7, 11) is 3.78. The van der Waals surface area contributed by atoms with Crippen LogP contribution in [0.2, 0.25) is 0 Å². The number of methoxy groups -OCH3 is 1. The van der Waals surface area contributed by atoms with Gasteiger partial charge in [0.25, 0.3) is 0 Å². The van der Waals surface area contributed by atoms with Crippen molar-refractivity contribution in [2.24, 2.45) is 0 Å². The Morgan fingerprint density at radius 1 is 1.00 bits per heavy atom. The van der Waals surface area contributed by atoms with Crippen LogP contribution in [0.25, 0.3) is 0 Å². The van der Waals surface area contributed by atoms with Crippen molar-refractivity contribution in [3.63, 3.8) is 0 Å². The van der Waals surface area contributed by atoms with E-state index < -0.39 is 0 Å². The van der Waals surface area contributed by atoms with E-state index in [0.717, 1.165) is 43.6 Å². The molecular weight excluding hydrogens is 452 g/mol. The maximum atomic E-state index is 13.5. The molecule has 0 spiro atoms. The Morgan fingerprint density at radius 3 is 2.49 bits per heavy atom. The predicted octanol–water partition coefficient (Wildman–Crippen LogP) is 6.35. The molecule has 1 heterocycles. The summed E-state index contributed by atoms with van der Waals surface area (Å²) in [6.45, 7) is 7.21. The van der Waals surface area contributed by atoms with E-state index in [1.54, 1.807) is 18.9 Å². The molecule has 0 fully saturated rings. The Labute approximate surface area is 213 Å². The second kappa shape index (κ2) is 11.8. The molecule has 5 heteroatoms. The summed E-state index contributed by atoms with van der Waals surface area (Å²) < 4.78 is 5.54. The van der Waals surface area contributed by atoms with E-state index >= 15 is 0 Å². The Kier molecular flexibility index (Phi) is 8.53. The van der Waals surface area contributed by atoms with Crippen LogP contribution in [-0.4, -0.2) is 38.7 Å². The zero-order chi connectivity index (χ0) is 24.8. The Bertz CT molecular complexity index is 1180. The molecule has 1 aliphatic heterocycles. The Morgan fingerprint density at radius 2 is 1.74 bits per heavy atom. The molecule has 1 atom stereocenters. The fourth-order valence-corrected chi connectivity index (χ4v) is 5.90. The highest BCUT2D eigenvalue weighted by atomic mass is 32.2. The molecule has 1 aliphatic rings. The molecule has 0 saturated heterocycles. The largest absolute Gasteiger partial charge is 0.493 e. The molecule has 0 aromatic heterocycles. The number of likely N-dealkylation sites (N-methyl/N-ethyl adjacent to an activating group) is 1. The van der Waals surface area contributed by atoms with Gasteiger partial charge in [0.05, 0.1) is 12.8 Å². The summed E-state index contributed by atoms with van der Waals surface area (Å²) >= 11 is 1.76. The highest BCUT2D eigenvalue weighted by molar-refractivity contribution is 8.00. The highest BCUT2D eigenvalue weighted by Crippen LogP contribution is 2.50. The zero-order valence-corrected chi connectivity index (χ0v) is 22.1. The number of ether oxygens (including phenoxy) is 1. The van der Waals surface area contributed by atoms with Crippen molar-refractivity contribution < 1.29 is 4.74 Å². The first-order chi connectivity index (χ1) is 17.0. The van der Waals surface area contributed by atoms with Crippen LogP contribution in [0.3, 0.4) is 0 Å². The van der Waals surface area contributed by atoms with Crippen LogP contribution < -0.4 is 15.1 Å². The predicted molar refractivity (Wildman–Crippen MR) is 148 cm³/mol. The molecule has 0 N–H and O–H groups in total. The molecule has 0 bridgehead atoms. The van der Waals surface area contributed by atoms with Gasteiger partial charge in [0.1, 0.15) is 5.37 Å². The molecule has 1 unspecified atom stereocenters. The van der Waals surface area contributed by atoms with Gasteiger partial charge in [-0.2, -0.15) is 0 Å². The minimum absolute atomic E-state index is 0.0188. The zero-order valence-electron chi connectivity index (χ0n) is 21.2. The van der Waals surface area contributed by atoms with Gasteiger partial charge in [-0.15, -0.1) is 0 Å². The van der Waals surface area contributed by atoms with Gasteiger partial charge in [-0.3, -0.25) is 4.79 Å². The van der Waals surface area contributed by atoms with Gasteiger partial charge in [0, 0.05) is 23.5 Å². The molecule has 35 heavy (non-hydrogen) atoms. The quantitative estimate of drug-likeness (QED) is 0.332. The number of para-hydroxylation sites is 1. The summed E-state index contributed by atoms with van der Waals surface area (Å²) in [5.41, 5.74) is 4.46. The molecule has 184 valence electrons. The molecule has 0 saturated carbocycles. The second-order valence-corrected chi connectivity index (χ2v) is 10.6. The molecule has 3 aromatic carbocycles. The fourth-order valence-electron chi connectivity index (χ4n) is 4.53. The van der Waals surface area contributed by atoms with E-state index in [2.05, 4.69) is 91.4 Å². The third-order valence-corrected chi connectivity index (χ3v) is 7.98. The number of fused-ring (bicyclic) bond motifs is 1. The van der Waals surface area contributed by atoms with Crippen LogP contribution in [0.4, 0.5) is 5.69 Å². The minimum atomic E-state index is -0.0594. The maximum Gasteiger partial charge on any atom is 0.226 e. The maximum absolute atomic E-state index is 13.5. The molecular formula is C30H36N2O2S. The van der Waals surface area contributed by atoms with Crippen molar-refractivity contribution >= 4 is 17.4 Å². The van der Waals surface area contributed by atoms with Crippen molar-refractivity contribution in [3.8, 4) is 5.75 Å². The van der Waals surface area contributed by atoms with E-state index in [1.807, 2.05) is 12.1 Å². The van der Waals surface area contributed by atoms with Crippen LogP contribution in [0, 0.1) is 0 Å². The normalized spacial score (nSPS) is 15.0. The summed E-state index contributed by atoms with van der Waals surface area (Å²) in [6, 6.07) is 25.1. The molecule has 4 rings (SSSR count). The van der Waals surface area contributed by atoms with Crippen molar-refractivity contribution in [3.05, 3.63) is 99.7 Å². The minimum Gasteiger partial charge on any atom is -0.493 e. The Balaban J connectivity index is 1.51. The smallest absolute Gasteiger partial charge is 0.226 e. The lowest BCUT2D eigenvalue weighted by Crippen LogP contribution is -2.31. The monoisotopic (exact) mass is 488 g/mol. The number of thioether (sulfide) groups is 1. The number of rotatable bonds is 10. The molecule has 3 aromatic rings. The molecule has 0 amide bonds. The van der Waals surface area contributed by atoms with E-state index in [0.29, 0.717) is 11.7 Å². The van der Waals surface area contributed by atoms with Gasteiger partial charge in [-0.25, -0.2) is 0 Å². The molecule has 4 nitrogen and oxygen atoms in total. The first kappa shape index (κ1) is 25.3. The number of hydrogen-bond donors (Lipinski definition) is 0. The van der Waals surface area contributed by atoms with Gasteiger partial charge < -0.3 is 14.5 Å². The van der Waals surface area contributed by atoms with E-state index in [4.69, 9.17) is 4.74 Å². The SMILES string of the molecule is COc1cc(C(C)C)ccc(C2Sc3ccccc3N2CCCN(C)CCc2ccccc2)c1=O. The molecule has 0 radical (unpaired) electrons. The first-order valence-corrected chi connectivity index (χ1v) is 13.3. The molecule has 0 aliphatic carbocycles. The van der Waals surface area contributed by atoms with Crippen LogP contribution in [0.5, 0.6) is 5.75 Å². The average Bonchev–Trinajstić information content (AvgIpc) is 3.13. The third kappa shape index (κ3) is 6.09. The van der Waals surface area contributed by atoms with Gasteiger partial charge in [0.15, 0.2) is 5.75 Å². The van der Waals surface area contributed by atoms with Crippen molar-refractivity contribution in [1.29, 1.82) is 0 Å². The summed E-state index contributed by atoms with van der Waals surface area (Å²) in [4.78, 5) is 19.5. The van der Waals surface area contributed by atoms with Crippen LogP contribution >= 0.6 is 11.8 Å². The van der Waals surface area contributed by atoms with E-state index in [9.17, 15) is 4.79 Å². The van der Waals surface area contributed by atoms with Crippen molar-refractivity contribution in [2.75, 3.05) is 38.7 Å². The van der Waals surface area contributed by atoms with Crippen LogP contribution in [0.1, 0.15) is 48.3 Å². The second-order valence-electron chi connectivity index (χ2n) is 9.51. The number of nitrogens with zero attached hydrogens (tertiary/aromatic N) is 2. The van der Waals surface area contributed by atoms with Crippen molar-refractivity contribution in [2.45, 2.75) is 42.9 Å². The van der Waals surface area contributed by atoms with Crippen LogP contribution in [-0.2, 0) is 6.42 Å². The number of anilines is 1. The third-order valence-electron chi connectivity index (χ3n) is 6.65. The lowest BCUT2D eigenvalue weighted by Gasteiger charge is -2.27. The van der Waals surface area contributed by atoms with E-state index in [-0.39, 0.29) is 10.8 Å². The van der Waals surface area contributed by atoms with Gasteiger partial charge >= 0.3 is 0 Å². The van der Waals surface area contributed by atoms with Gasteiger partial charge in [0.2, 0.25) is 5.43 Å². The first-order valence-electron chi connectivity index (χ1n) is 12.4. The lowest BCUT2D eigenvalue weighted by molar-refractivity contribution is 0.334. The van der Waals surface area contributed by atoms with Gasteiger partial charge in [-0.05, 0) is 61.7 Å². The highest BCUT2D eigenvalue weighted by Gasteiger charge is 2.32. The topological polar surface area (TPSA) is 32.8 Å². The average molecular weight is 489 g/mol. The summed E-state index contributed by atoms with van der Waals surface area (Å²) in [5.74, 6) is 0.741. The lowest BCUT2D eigenvalue weighted by atomic mass is 10.1. The van der Waals surface area contributed by atoms with Gasteiger partial charge in [-0.1, -0.05) is 80.2 Å². The van der Waals surface area contributed by atoms with E-state index in [1.165, 1.54) is 16.1 Å². The Hall–Kier alpha value is -2.76.